The van der Waals surface area contributed by atoms with E-state index in [0.717, 1.165) is 42.8 Å². The van der Waals surface area contributed by atoms with Gasteiger partial charge >= 0.3 is 0 Å². The first-order chi connectivity index (χ1) is 14.7. The summed E-state index contributed by atoms with van der Waals surface area (Å²) in [6, 6.07) is 16.8. The van der Waals surface area contributed by atoms with E-state index in [1.807, 2.05) is 18.2 Å². The normalized spacial score (nSPS) is 30.4. The summed E-state index contributed by atoms with van der Waals surface area (Å²) in [7, 11) is 2.25. The number of likely N-dealkylation sites (tertiary alicyclic amines) is 1. The molecule has 4 aliphatic rings. The van der Waals surface area contributed by atoms with Crippen molar-refractivity contribution >= 4 is 0 Å². The van der Waals surface area contributed by atoms with Crippen LogP contribution in [0.4, 0.5) is 0 Å². The highest BCUT2D eigenvalue weighted by molar-refractivity contribution is 5.64. The van der Waals surface area contributed by atoms with Gasteiger partial charge in [-0.25, -0.2) is 0 Å². The summed E-state index contributed by atoms with van der Waals surface area (Å²) in [5.74, 6) is 1.40. The lowest BCUT2D eigenvalue weighted by molar-refractivity contribution is -0.0264. The molecule has 2 aliphatic carbocycles. The lowest BCUT2D eigenvalue weighted by Crippen LogP contribution is -2.62. The van der Waals surface area contributed by atoms with Crippen LogP contribution in [-0.2, 0) is 18.3 Å². The van der Waals surface area contributed by atoms with Crippen molar-refractivity contribution in [1.82, 2.24) is 15.1 Å². The Bertz CT molecular complexity index is 1190. The van der Waals surface area contributed by atoms with Gasteiger partial charge in [-0.15, -0.1) is 0 Å². The Balaban J connectivity index is 1.45. The Hall–Kier alpha value is -2.92. The van der Waals surface area contributed by atoms with E-state index >= 15 is 0 Å². The van der Waals surface area contributed by atoms with E-state index in [4.69, 9.17) is 9.84 Å². The smallest absolute Gasteiger partial charge is 0.166 e. The molecule has 0 radical (unpaired) electrons. The molecule has 0 unspecified atom stereocenters. The number of aromatic nitrogens is 2. The molecule has 4 atom stereocenters. The number of hydrogen-bond donors (Lipinski definition) is 1. The Kier molecular flexibility index (Phi) is 3.15. The molecule has 2 bridgehead atoms. The van der Waals surface area contributed by atoms with Gasteiger partial charge in [0.2, 0.25) is 0 Å². The number of phenols is 1. The Morgan fingerprint density at radius 2 is 1.93 bits per heavy atom. The van der Waals surface area contributed by atoms with E-state index in [1.54, 1.807) is 6.07 Å². The first-order valence-electron chi connectivity index (χ1n) is 10.8. The zero-order valence-corrected chi connectivity index (χ0v) is 16.9. The van der Waals surface area contributed by atoms with Crippen LogP contribution >= 0.6 is 0 Å². The van der Waals surface area contributed by atoms with Crippen molar-refractivity contribution < 1.29 is 9.84 Å². The predicted octanol–water partition coefficient (Wildman–Crippen LogP) is 3.65. The summed E-state index contributed by atoms with van der Waals surface area (Å²) in [5.41, 5.74) is 6.68. The zero-order chi connectivity index (χ0) is 20.0. The van der Waals surface area contributed by atoms with Crippen molar-refractivity contribution in [2.45, 2.75) is 36.8 Å². The van der Waals surface area contributed by atoms with E-state index < -0.39 is 0 Å². The van der Waals surface area contributed by atoms with Crippen LogP contribution < -0.4 is 4.74 Å². The van der Waals surface area contributed by atoms with Gasteiger partial charge in [-0.1, -0.05) is 36.4 Å². The summed E-state index contributed by atoms with van der Waals surface area (Å²) in [4.78, 5) is 2.53. The summed E-state index contributed by atoms with van der Waals surface area (Å²) >= 11 is 0. The molecular formula is C25H23N3O2. The number of phenolic OH excluding ortho intramolecular Hbond substituents is 1. The van der Waals surface area contributed by atoms with E-state index in [2.05, 4.69) is 41.3 Å². The highest BCUT2D eigenvalue weighted by atomic mass is 16.5. The van der Waals surface area contributed by atoms with E-state index in [9.17, 15) is 5.11 Å². The predicted molar refractivity (Wildman–Crippen MR) is 113 cm³/mol. The van der Waals surface area contributed by atoms with Crippen LogP contribution in [-0.4, -0.2) is 39.8 Å². The average Bonchev–Trinajstić information content (AvgIpc) is 3.13. The van der Waals surface area contributed by atoms with Gasteiger partial charge in [0.15, 0.2) is 17.6 Å². The third-order valence-electron chi connectivity index (χ3n) is 8.05. The van der Waals surface area contributed by atoms with Gasteiger partial charge in [0.1, 0.15) is 5.69 Å². The standard InChI is InChI=1S/C25H23N3O2/c1-28-10-9-25-17-11-16-12-18(14-5-3-2-4-6-14)26-27-22(16)24(25)30-23-20(29)8-7-15(21(23)25)13-19(17)28/h2-8,12,17,19,24,29H,9-11,13H2,1H3/t17-,19+,24-,25-/m0/s1. The maximum atomic E-state index is 10.6. The van der Waals surface area contributed by atoms with E-state index in [-0.39, 0.29) is 17.3 Å². The fourth-order valence-electron chi connectivity index (χ4n) is 6.72. The van der Waals surface area contributed by atoms with E-state index in [0.29, 0.717) is 17.7 Å². The molecule has 1 aromatic heterocycles. The maximum Gasteiger partial charge on any atom is 0.166 e. The van der Waals surface area contributed by atoms with Crippen LogP contribution in [0.25, 0.3) is 11.3 Å². The summed E-state index contributed by atoms with van der Waals surface area (Å²) in [6.45, 7) is 1.04. The number of likely N-dealkylation sites (N-methyl/N-ethyl adjacent to an activating group) is 1. The number of nitrogens with zero attached hydrogens (tertiary/aromatic N) is 3. The fourth-order valence-corrected chi connectivity index (χ4v) is 6.72. The van der Waals surface area contributed by atoms with Crippen LogP contribution in [0.5, 0.6) is 11.5 Å². The molecule has 30 heavy (non-hydrogen) atoms. The van der Waals surface area contributed by atoms with Crippen LogP contribution in [0, 0.1) is 5.92 Å². The monoisotopic (exact) mass is 397 g/mol. The van der Waals surface area contributed by atoms with Crippen LogP contribution in [0.3, 0.4) is 0 Å². The number of ether oxygens (including phenoxy) is 1. The van der Waals surface area contributed by atoms with Gasteiger partial charge in [0, 0.05) is 22.6 Å². The van der Waals surface area contributed by atoms with Crippen molar-refractivity contribution in [3.05, 3.63) is 70.9 Å². The molecule has 2 aromatic carbocycles. The quantitative estimate of drug-likeness (QED) is 0.679. The molecule has 2 aliphatic heterocycles. The van der Waals surface area contributed by atoms with Crippen LogP contribution in [0.15, 0.2) is 48.5 Å². The van der Waals surface area contributed by atoms with Crippen molar-refractivity contribution in [2.75, 3.05) is 13.6 Å². The van der Waals surface area contributed by atoms with Gasteiger partial charge in [-0.3, -0.25) is 0 Å². The molecule has 1 saturated heterocycles. The lowest BCUT2D eigenvalue weighted by Gasteiger charge is -2.57. The molecule has 0 amide bonds. The van der Waals surface area contributed by atoms with Crippen molar-refractivity contribution in [2.24, 2.45) is 5.92 Å². The average molecular weight is 397 g/mol. The summed E-state index contributed by atoms with van der Waals surface area (Å²) in [5, 5.41) is 19.9. The fraction of sp³-hybridized carbons (Fsp3) is 0.360. The topological polar surface area (TPSA) is 58.5 Å². The summed E-state index contributed by atoms with van der Waals surface area (Å²) < 4.78 is 6.55. The second-order valence-corrected chi connectivity index (χ2v) is 9.30. The largest absolute Gasteiger partial charge is 0.504 e. The van der Waals surface area contributed by atoms with Crippen LogP contribution in [0.2, 0.25) is 0 Å². The number of hydrogen-bond acceptors (Lipinski definition) is 5. The minimum Gasteiger partial charge on any atom is -0.504 e. The highest BCUT2D eigenvalue weighted by Gasteiger charge is 2.65. The number of fused-ring (bicyclic) bond motifs is 2. The zero-order valence-electron chi connectivity index (χ0n) is 16.9. The molecule has 7 rings (SSSR count). The minimum atomic E-state index is -0.165. The summed E-state index contributed by atoms with van der Waals surface area (Å²) in [6.07, 6.45) is 2.86. The Morgan fingerprint density at radius 1 is 1.07 bits per heavy atom. The number of piperidine rings is 1. The first kappa shape index (κ1) is 16.8. The van der Waals surface area contributed by atoms with Gasteiger partial charge in [0.25, 0.3) is 0 Å². The molecule has 1 N–H and O–H groups in total. The van der Waals surface area contributed by atoms with Gasteiger partial charge in [0.05, 0.1) is 5.69 Å². The SMILES string of the molecule is CN1CC[C@]23c4c5ccc(O)c4O[C@H]2c2nnc(-c4ccccc4)cc2C[C@H]3[C@H]1C5. The number of aromatic hydroxyl groups is 1. The molecule has 150 valence electrons. The first-order valence-corrected chi connectivity index (χ1v) is 10.8. The Morgan fingerprint density at radius 3 is 2.80 bits per heavy atom. The molecule has 5 nitrogen and oxygen atoms in total. The Labute approximate surface area is 175 Å². The second kappa shape index (κ2) is 5.61. The molecule has 5 heteroatoms. The molecule has 1 spiro atoms. The van der Waals surface area contributed by atoms with Crippen molar-refractivity contribution in [3.8, 4) is 22.8 Å². The van der Waals surface area contributed by atoms with E-state index in [1.165, 1.54) is 16.7 Å². The third-order valence-corrected chi connectivity index (χ3v) is 8.05. The lowest BCUT2D eigenvalue weighted by atomic mass is 9.51. The van der Waals surface area contributed by atoms with Crippen LogP contribution in [0.1, 0.15) is 34.9 Å². The molecule has 3 heterocycles. The minimum absolute atomic E-state index is 0.102. The van der Waals surface area contributed by atoms with Gasteiger partial charge < -0.3 is 14.7 Å². The third kappa shape index (κ3) is 1.92. The molecular weight excluding hydrogens is 374 g/mol. The molecule has 1 fully saturated rings. The maximum absolute atomic E-state index is 10.6. The second-order valence-electron chi connectivity index (χ2n) is 9.30. The van der Waals surface area contributed by atoms with Crippen molar-refractivity contribution in [3.63, 3.8) is 0 Å². The number of benzene rings is 2. The number of rotatable bonds is 1. The highest BCUT2D eigenvalue weighted by Crippen LogP contribution is 2.66. The molecule has 0 saturated carbocycles. The van der Waals surface area contributed by atoms with Crippen molar-refractivity contribution in [1.29, 1.82) is 0 Å². The van der Waals surface area contributed by atoms with Gasteiger partial charge in [-0.2, -0.15) is 10.2 Å². The molecule has 3 aromatic rings. The van der Waals surface area contributed by atoms with Gasteiger partial charge in [-0.05, 0) is 62.0 Å².